The van der Waals surface area contributed by atoms with Gasteiger partial charge in [0.15, 0.2) is 0 Å². The van der Waals surface area contributed by atoms with E-state index in [2.05, 4.69) is 0 Å². The van der Waals surface area contributed by atoms with Crippen LogP contribution in [0.2, 0.25) is 0 Å². The molecule has 0 amide bonds. The molecule has 0 radical (unpaired) electrons. The van der Waals surface area contributed by atoms with Gasteiger partial charge in [-0.25, -0.2) is 0 Å². The molecular formula is H6O5SSr. The molecule has 7 heteroatoms. The van der Waals surface area contributed by atoms with Crippen molar-refractivity contribution < 1.29 is 23.0 Å². The molecule has 0 spiro atoms. The van der Waals surface area contributed by atoms with Gasteiger partial charge in [-0.05, 0) is 0 Å². The Morgan fingerprint density at radius 2 is 1.14 bits per heavy atom. The molecule has 0 aromatic heterocycles. The topological polar surface area (TPSA) is 106 Å². The Balaban J connectivity index is -0.0000000800. The van der Waals surface area contributed by atoms with E-state index < -0.39 is 10.4 Å². The van der Waals surface area contributed by atoms with Crippen molar-refractivity contribution >= 4 is 55.9 Å². The third-order valence-corrected chi connectivity index (χ3v) is 0. The van der Waals surface area contributed by atoms with Gasteiger partial charge >= 0.3 is 55.9 Å². The van der Waals surface area contributed by atoms with Crippen LogP contribution in [0.5, 0.6) is 0 Å². The quantitative estimate of drug-likeness (QED) is 0.340. The molecular weight excluding hydrogens is 200 g/mol. The van der Waals surface area contributed by atoms with Crippen molar-refractivity contribution in [3.05, 3.63) is 0 Å². The van der Waals surface area contributed by atoms with E-state index in [-0.39, 0.29) is 51.0 Å². The van der Waals surface area contributed by atoms with Gasteiger partial charge in [-0.3, -0.25) is 9.11 Å². The zero-order chi connectivity index (χ0) is 4.50. The minimum atomic E-state index is -4.67. The average Bonchev–Trinajstić information content (AvgIpc) is 0.722. The summed E-state index contributed by atoms with van der Waals surface area (Å²) in [6.07, 6.45) is 0. The number of hydrogen-bond acceptors (Lipinski definition) is 2. The number of hydrogen-bond donors (Lipinski definition) is 2. The third-order valence-electron chi connectivity index (χ3n) is 0. The first kappa shape index (κ1) is 15.7. The van der Waals surface area contributed by atoms with E-state index in [1.54, 1.807) is 0 Å². The van der Waals surface area contributed by atoms with Crippen molar-refractivity contribution in [2.45, 2.75) is 0 Å². The molecule has 0 aliphatic rings. The van der Waals surface area contributed by atoms with Crippen LogP contribution >= 0.6 is 0 Å². The zero-order valence-corrected chi connectivity index (χ0v) is 3.44. The second-order valence-corrected chi connectivity index (χ2v) is 1.34. The van der Waals surface area contributed by atoms with E-state index in [1.165, 1.54) is 0 Å². The first-order chi connectivity index (χ1) is 2.00. The fourth-order valence-electron chi connectivity index (χ4n) is 0. The predicted molar refractivity (Wildman–Crippen MR) is 26.3 cm³/mol. The molecule has 0 aromatic carbocycles. The van der Waals surface area contributed by atoms with Crippen molar-refractivity contribution in [3.63, 3.8) is 0 Å². The summed E-state index contributed by atoms with van der Waals surface area (Å²) in [5.74, 6) is 0. The second-order valence-electron chi connectivity index (χ2n) is 0.448. The van der Waals surface area contributed by atoms with Gasteiger partial charge in [-0.2, -0.15) is 8.42 Å². The van der Waals surface area contributed by atoms with Crippen LogP contribution in [0.25, 0.3) is 0 Å². The normalized spacial score (nSPS) is 8.29. The van der Waals surface area contributed by atoms with Gasteiger partial charge in [0.05, 0.1) is 0 Å². The van der Waals surface area contributed by atoms with E-state index in [0.29, 0.717) is 0 Å². The Kier molecular flexibility index (Phi) is 12.3. The summed E-state index contributed by atoms with van der Waals surface area (Å²) in [4.78, 5) is 0. The molecule has 0 saturated carbocycles. The van der Waals surface area contributed by atoms with Gasteiger partial charge in [0.1, 0.15) is 0 Å². The zero-order valence-electron chi connectivity index (χ0n) is 2.62. The van der Waals surface area contributed by atoms with Crippen LogP contribution < -0.4 is 0 Å². The number of rotatable bonds is 0. The van der Waals surface area contributed by atoms with Crippen LogP contribution in [0.3, 0.4) is 0 Å². The van der Waals surface area contributed by atoms with Gasteiger partial charge < -0.3 is 5.48 Å². The Morgan fingerprint density at radius 1 is 1.14 bits per heavy atom. The van der Waals surface area contributed by atoms with Crippen LogP contribution in [0.15, 0.2) is 0 Å². The molecule has 0 aliphatic heterocycles. The summed E-state index contributed by atoms with van der Waals surface area (Å²) in [5, 5.41) is 0. The fraction of sp³-hybridized carbons (Fsp3) is 0. The van der Waals surface area contributed by atoms with E-state index in [4.69, 9.17) is 17.5 Å². The van der Waals surface area contributed by atoms with Crippen LogP contribution in [-0.2, 0) is 10.4 Å². The van der Waals surface area contributed by atoms with Crippen molar-refractivity contribution in [2.75, 3.05) is 0 Å². The van der Waals surface area contributed by atoms with Crippen LogP contribution in [0.1, 0.15) is 0 Å². The van der Waals surface area contributed by atoms with Gasteiger partial charge in [-0.15, -0.1) is 0 Å². The van der Waals surface area contributed by atoms with E-state index in [1.807, 2.05) is 0 Å². The molecule has 0 atom stereocenters. The predicted octanol–water partition coefficient (Wildman–Crippen LogP) is -2.39. The van der Waals surface area contributed by atoms with Gasteiger partial charge in [0, 0.05) is 0 Å². The molecule has 44 valence electrons. The van der Waals surface area contributed by atoms with E-state index >= 15 is 0 Å². The molecule has 7 heavy (non-hydrogen) atoms. The first-order valence-corrected chi connectivity index (χ1v) is 2.10. The maximum absolute atomic E-state index is 8.74. The summed E-state index contributed by atoms with van der Waals surface area (Å²) in [6.45, 7) is 0. The minimum absolute atomic E-state index is 0. The third kappa shape index (κ3) is 120. The molecule has 0 rings (SSSR count). The molecule has 0 saturated heterocycles. The SMILES string of the molecule is O.O=S(=O)(O)O.[SrH2]. The molecule has 4 N–H and O–H groups in total. The maximum atomic E-state index is 8.74. The van der Waals surface area contributed by atoms with Gasteiger partial charge in [0.2, 0.25) is 0 Å². The monoisotopic (exact) mass is 206 g/mol. The van der Waals surface area contributed by atoms with Crippen molar-refractivity contribution in [1.82, 2.24) is 0 Å². The van der Waals surface area contributed by atoms with E-state index in [0.717, 1.165) is 0 Å². The molecule has 0 unspecified atom stereocenters. The summed E-state index contributed by atoms with van der Waals surface area (Å²) in [5.41, 5.74) is 0. The molecule has 5 nitrogen and oxygen atoms in total. The standard InChI is InChI=1S/H2O4S.H2O.Sr.2H/c1-5(2,3)4;;;;/h(H2,1,2,3,4);1H2;;;. The van der Waals surface area contributed by atoms with Crippen LogP contribution in [-0.4, -0.2) is 68.5 Å². The van der Waals surface area contributed by atoms with Gasteiger partial charge in [0.25, 0.3) is 0 Å². The summed E-state index contributed by atoms with van der Waals surface area (Å²) in [6, 6.07) is 0. The first-order valence-electron chi connectivity index (χ1n) is 0.698. The Hall–Kier alpha value is 1.31. The van der Waals surface area contributed by atoms with Crippen molar-refractivity contribution in [1.29, 1.82) is 0 Å². The summed E-state index contributed by atoms with van der Waals surface area (Å²) < 4.78 is 31.6. The Morgan fingerprint density at radius 3 is 1.14 bits per heavy atom. The fourth-order valence-corrected chi connectivity index (χ4v) is 0. The second kappa shape index (κ2) is 5.45. The molecule has 0 fully saturated rings. The summed E-state index contributed by atoms with van der Waals surface area (Å²) >= 11 is 0. The molecule has 0 aliphatic carbocycles. The molecule has 0 bridgehead atoms. The Bertz CT molecular complexity index is 91.2. The summed E-state index contributed by atoms with van der Waals surface area (Å²) in [7, 11) is -4.67. The van der Waals surface area contributed by atoms with Crippen LogP contribution in [0.4, 0.5) is 0 Å². The Labute approximate surface area is 77.9 Å². The van der Waals surface area contributed by atoms with Crippen molar-refractivity contribution in [3.8, 4) is 0 Å². The molecule has 0 aromatic rings. The molecule has 0 heterocycles. The van der Waals surface area contributed by atoms with Gasteiger partial charge in [-0.1, -0.05) is 0 Å². The van der Waals surface area contributed by atoms with Crippen LogP contribution in [0, 0.1) is 0 Å². The van der Waals surface area contributed by atoms with Crippen molar-refractivity contribution in [2.24, 2.45) is 0 Å². The van der Waals surface area contributed by atoms with E-state index in [9.17, 15) is 0 Å². The average molecular weight is 206 g/mol.